The Morgan fingerprint density at radius 1 is 1.27 bits per heavy atom. The third-order valence-corrected chi connectivity index (χ3v) is 5.57. The fourth-order valence-corrected chi connectivity index (χ4v) is 4.01. The largest absolute Gasteiger partial charge is 0.416 e. The molecule has 0 bridgehead atoms. The summed E-state index contributed by atoms with van der Waals surface area (Å²) in [5.74, 6) is -1.01. The fraction of sp³-hybridized carbons (Fsp3) is 0.611. The van der Waals surface area contributed by atoms with Gasteiger partial charge >= 0.3 is 6.18 Å². The van der Waals surface area contributed by atoms with Gasteiger partial charge in [0.05, 0.1) is 11.2 Å². The summed E-state index contributed by atoms with van der Waals surface area (Å²) < 4.78 is 53.0. The molecule has 2 heterocycles. The van der Waals surface area contributed by atoms with Crippen molar-refractivity contribution >= 4 is 5.91 Å². The van der Waals surface area contributed by atoms with Crippen LogP contribution in [0.15, 0.2) is 18.2 Å². The number of aliphatic hydroxyl groups is 1. The summed E-state index contributed by atoms with van der Waals surface area (Å²) in [6, 6.07) is 2.50. The van der Waals surface area contributed by atoms with Crippen LogP contribution < -0.4 is 0 Å². The maximum Gasteiger partial charge on any atom is 0.416 e. The number of benzene rings is 1. The number of carbonyl (C=O) groups excluding carboxylic acids is 1. The first-order chi connectivity index (χ1) is 12.1. The number of nitrogens with zero attached hydrogens (tertiary/aromatic N) is 2. The highest BCUT2D eigenvalue weighted by molar-refractivity contribution is 5.73. The summed E-state index contributed by atoms with van der Waals surface area (Å²) in [7, 11) is 0. The van der Waals surface area contributed by atoms with Crippen molar-refractivity contribution in [2.45, 2.75) is 38.1 Å². The Morgan fingerprint density at radius 3 is 2.62 bits per heavy atom. The number of halogens is 4. The lowest BCUT2D eigenvalue weighted by atomic mass is 9.75. The van der Waals surface area contributed by atoms with Crippen LogP contribution in [0.25, 0.3) is 0 Å². The van der Waals surface area contributed by atoms with Crippen molar-refractivity contribution < 1.29 is 27.5 Å². The molecule has 8 heteroatoms. The van der Waals surface area contributed by atoms with E-state index >= 15 is 0 Å². The van der Waals surface area contributed by atoms with Gasteiger partial charge in [-0.1, -0.05) is 0 Å². The van der Waals surface area contributed by atoms with Crippen LogP contribution >= 0.6 is 0 Å². The molecular formula is C18H22F4N2O2. The number of alkyl halides is 3. The fourth-order valence-electron chi connectivity index (χ4n) is 4.01. The second kappa shape index (κ2) is 6.81. The van der Waals surface area contributed by atoms with Crippen LogP contribution in [-0.2, 0) is 17.5 Å². The molecule has 4 nitrogen and oxygen atoms in total. The topological polar surface area (TPSA) is 43.8 Å². The van der Waals surface area contributed by atoms with Gasteiger partial charge in [0.25, 0.3) is 0 Å². The van der Waals surface area contributed by atoms with E-state index < -0.39 is 23.2 Å². The van der Waals surface area contributed by atoms with Gasteiger partial charge < -0.3 is 10.0 Å². The number of likely N-dealkylation sites (tertiary alicyclic amines) is 2. The normalized spacial score (nSPS) is 27.3. The number of hydrogen-bond acceptors (Lipinski definition) is 3. The minimum Gasteiger partial charge on any atom is -0.389 e. The van der Waals surface area contributed by atoms with E-state index in [4.69, 9.17) is 0 Å². The van der Waals surface area contributed by atoms with Crippen molar-refractivity contribution in [1.29, 1.82) is 0 Å². The van der Waals surface area contributed by atoms with E-state index in [0.717, 1.165) is 18.2 Å². The monoisotopic (exact) mass is 374 g/mol. The quantitative estimate of drug-likeness (QED) is 0.810. The van der Waals surface area contributed by atoms with Gasteiger partial charge in [0.2, 0.25) is 5.91 Å². The molecule has 144 valence electrons. The van der Waals surface area contributed by atoms with Gasteiger partial charge in [-0.3, -0.25) is 9.69 Å². The van der Waals surface area contributed by atoms with Crippen molar-refractivity contribution in [3.8, 4) is 0 Å². The minimum atomic E-state index is -4.55. The number of rotatable bonds is 2. The summed E-state index contributed by atoms with van der Waals surface area (Å²) >= 11 is 0. The molecule has 3 rings (SSSR count). The lowest BCUT2D eigenvalue weighted by Gasteiger charge is -2.50. The molecule has 0 aromatic heterocycles. The molecule has 1 aromatic carbocycles. The first-order valence-electron chi connectivity index (χ1n) is 8.64. The molecule has 0 radical (unpaired) electrons. The Kier molecular flexibility index (Phi) is 5.00. The molecule has 2 aliphatic heterocycles. The molecule has 2 saturated heterocycles. The molecule has 0 saturated carbocycles. The summed E-state index contributed by atoms with van der Waals surface area (Å²) in [6.07, 6.45) is -3.64. The summed E-state index contributed by atoms with van der Waals surface area (Å²) in [5.41, 5.74) is -1.84. The molecule has 0 aliphatic carbocycles. The zero-order valence-electron chi connectivity index (χ0n) is 14.5. The Balaban J connectivity index is 1.76. The summed E-state index contributed by atoms with van der Waals surface area (Å²) in [6.45, 7) is 3.10. The van der Waals surface area contributed by atoms with E-state index in [9.17, 15) is 27.5 Å². The van der Waals surface area contributed by atoms with Gasteiger partial charge in [-0.25, -0.2) is 4.39 Å². The van der Waals surface area contributed by atoms with Crippen molar-refractivity contribution in [2.75, 3.05) is 26.2 Å². The van der Waals surface area contributed by atoms with Gasteiger partial charge in [0.15, 0.2) is 0 Å². The van der Waals surface area contributed by atoms with Crippen LogP contribution in [0.4, 0.5) is 17.6 Å². The molecule has 2 fully saturated rings. The van der Waals surface area contributed by atoms with Crippen molar-refractivity contribution in [2.24, 2.45) is 5.92 Å². The van der Waals surface area contributed by atoms with Gasteiger partial charge in [0, 0.05) is 45.6 Å². The molecule has 0 unspecified atom stereocenters. The molecule has 1 amide bonds. The standard InChI is InChI=1S/C18H22F4N2O2/c1-12(25)24-7-5-17(26)4-6-23(10-14(17)11-24)9-13-8-15(19)2-3-16(13)18(20,21)22/h2-3,8,14,26H,4-7,9-11H2,1H3/t14-,17-/m1/s1. The highest BCUT2D eigenvalue weighted by Gasteiger charge is 2.45. The van der Waals surface area contributed by atoms with Crippen LogP contribution in [0.3, 0.4) is 0 Å². The highest BCUT2D eigenvalue weighted by Crippen LogP contribution is 2.37. The Labute approximate surface area is 149 Å². The Morgan fingerprint density at radius 2 is 1.96 bits per heavy atom. The average molecular weight is 374 g/mol. The van der Waals surface area contributed by atoms with E-state index in [1.807, 2.05) is 0 Å². The number of carbonyl (C=O) groups is 1. The lowest BCUT2D eigenvalue weighted by Crippen LogP contribution is -2.60. The maximum atomic E-state index is 13.5. The zero-order valence-corrected chi connectivity index (χ0v) is 14.5. The lowest BCUT2D eigenvalue weighted by molar-refractivity contribution is -0.146. The minimum absolute atomic E-state index is 0.0424. The first-order valence-corrected chi connectivity index (χ1v) is 8.64. The predicted molar refractivity (Wildman–Crippen MR) is 86.6 cm³/mol. The summed E-state index contributed by atoms with van der Waals surface area (Å²) in [5, 5.41) is 10.8. The maximum absolute atomic E-state index is 13.5. The second-order valence-corrected chi connectivity index (χ2v) is 7.30. The third-order valence-electron chi connectivity index (χ3n) is 5.57. The van der Waals surface area contributed by atoms with Crippen molar-refractivity contribution in [3.05, 3.63) is 35.1 Å². The number of amides is 1. The molecule has 2 aliphatic rings. The number of piperidine rings is 2. The van der Waals surface area contributed by atoms with E-state index in [-0.39, 0.29) is 23.9 Å². The molecular weight excluding hydrogens is 352 g/mol. The van der Waals surface area contributed by atoms with Crippen LogP contribution in [0.2, 0.25) is 0 Å². The Hall–Kier alpha value is -1.67. The molecule has 26 heavy (non-hydrogen) atoms. The molecule has 0 spiro atoms. The van der Waals surface area contributed by atoms with E-state index in [0.29, 0.717) is 39.0 Å². The van der Waals surface area contributed by atoms with Gasteiger partial charge in [0.1, 0.15) is 5.82 Å². The van der Waals surface area contributed by atoms with Crippen LogP contribution in [0, 0.1) is 11.7 Å². The first kappa shape index (κ1) is 19.1. The predicted octanol–water partition coefficient (Wildman–Crippen LogP) is 2.65. The number of fused-ring (bicyclic) bond motifs is 1. The van der Waals surface area contributed by atoms with Crippen molar-refractivity contribution in [3.63, 3.8) is 0 Å². The Bertz CT molecular complexity index is 694. The van der Waals surface area contributed by atoms with Crippen LogP contribution in [-0.4, -0.2) is 52.6 Å². The van der Waals surface area contributed by atoms with E-state index in [2.05, 4.69) is 0 Å². The molecule has 2 atom stereocenters. The third kappa shape index (κ3) is 3.86. The second-order valence-electron chi connectivity index (χ2n) is 7.30. The summed E-state index contributed by atoms with van der Waals surface area (Å²) in [4.78, 5) is 15.1. The van der Waals surface area contributed by atoms with Crippen LogP contribution in [0.5, 0.6) is 0 Å². The zero-order chi connectivity index (χ0) is 19.1. The molecule has 1 aromatic rings. The smallest absolute Gasteiger partial charge is 0.389 e. The van der Waals surface area contributed by atoms with E-state index in [1.165, 1.54) is 6.92 Å². The van der Waals surface area contributed by atoms with Gasteiger partial charge in [-0.05, 0) is 36.6 Å². The van der Waals surface area contributed by atoms with Crippen LogP contribution in [0.1, 0.15) is 30.9 Å². The number of hydrogen-bond donors (Lipinski definition) is 1. The van der Waals surface area contributed by atoms with Crippen molar-refractivity contribution in [1.82, 2.24) is 9.80 Å². The molecule has 1 N–H and O–H groups in total. The van der Waals surface area contributed by atoms with E-state index in [1.54, 1.807) is 9.80 Å². The van der Waals surface area contributed by atoms with Gasteiger partial charge in [-0.2, -0.15) is 13.2 Å². The van der Waals surface area contributed by atoms with Gasteiger partial charge in [-0.15, -0.1) is 0 Å². The SMILES string of the molecule is CC(=O)N1CC[C@]2(O)CCN(Cc3cc(F)ccc3C(F)(F)F)C[C@@H]2C1. The average Bonchev–Trinajstić information content (AvgIpc) is 2.53. The highest BCUT2D eigenvalue weighted by atomic mass is 19.4.